The highest BCUT2D eigenvalue weighted by Gasteiger charge is 2.16. The van der Waals surface area contributed by atoms with Crippen molar-refractivity contribution in [3.63, 3.8) is 0 Å². The van der Waals surface area contributed by atoms with Gasteiger partial charge in [-0.05, 0) is 39.3 Å². The molecular weight excluding hydrogens is 380 g/mol. The SMILES string of the molecule is CCOc1cccc(CNC(=NC)NCCCn2nc(C)cc2C)c1OC(F)F. The van der Waals surface area contributed by atoms with Crippen molar-refractivity contribution in [1.29, 1.82) is 0 Å². The molecule has 160 valence electrons. The molecule has 0 aliphatic rings. The Morgan fingerprint density at radius 1 is 1.28 bits per heavy atom. The molecule has 1 heterocycles. The molecule has 0 spiro atoms. The summed E-state index contributed by atoms with van der Waals surface area (Å²) in [6, 6.07) is 7.11. The molecule has 1 aromatic carbocycles. The van der Waals surface area contributed by atoms with Crippen molar-refractivity contribution in [3.05, 3.63) is 41.2 Å². The fourth-order valence-electron chi connectivity index (χ4n) is 2.93. The molecule has 0 amide bonds. The summed E-state index contributed by atoms with van der Waals surface area (Å²) in [6.07, 6.45) is 0.863. The lowest BCUT2D eigenvalue weighted by Crippen LogP contribution is -2.37. The van der Waals surface area contributed by atoms with Crippen LogP contribution in [0.1, 0.15) is 30.3 Å². The largest absolute Gasteiger partial charge is 0.490 e. The molecular formula is C20H29F2N5O2. The van der Waals surface area contributed by atoms with Crippen molar-refractivity contribution >= 4 is 5.96 Å². The van der Waals surface area contributed by atoms with Crippen molar-refractivity contribution in [2.45, 2.75) is 46.9 Å². The Morgan fingerprint density at radius 2 is 2.07 bits per heavy atom. The number of nitrogens with zero attached hydrogens (tertiary/aromatic N) is 3. The number of aryl methyl sites for hydroxylation is 3. The fourth-order valence-corrected chi connectivity index (χ4v) is 2.93. The summed E-state index contributed by atoms with van der Waals surface area (Å²) in [7, 11) is 1.66. The van der Waals surface area contributed by atoms with Crippen molar-refractivity contribution in [2.75, 3.05) is 20.2 Å². The first-order valence-electron chi connectivity index (χ1n) is 9.59. The van der Waals surface area contributed by atoms with Crippen LogP contribution in [0.5, 0.6) is 11.5 Å². The van der Waals surface area contributed by atoms with E-state index in [0.717, 1.165) is 24.4 Å². The van der Waals surface area contributed by atoms with Gasteiger partial charge in [0.15, 0.2) is 17.5 Å². The van der Waals surface area contributed by atoms with Crippen LogP contribution >= 0.6 is 0 Å². The molecule has 2 rings (SSSR count). The number of ether oxygens (including phenoxy) is 2. The van der Waals surface area contributed by atoms with Gasteiger partial charge >= 0.3 is 6.61 Å². The van der Waals surface area contributed by atoms with Crippen LogP contribution in [0.2, 0.25) is 0 Å². The number of nitrogens with one attached hydrogen (secondary N) is 2. The third-order valence-corrected chi connectivity index (χ3v) is 4.18. The summed E-state index contributed by atoms with van der Waals surface area (Å²) < 4.78 is 37.7. The first-order chi connectivity index (χ1) is 13.9. The smallest absolute Gasteiger partial charge is 0.387 e. The van der Waals surface area contributed by atoms with Gasteiger partial charge in [0.25, 0.3) is 0 Å². The summed E-state index contributed by atoms with van der Waals surface area (Å²) in [5.74, 6) is 0.903. The lowest BCUT2D eigenvalue weighted by Gasteiger charge is -2.17. The zero-order valence-corrected chi connectivity index (χ0v) is 17.3. The molecule has 0 unspecified atom stereocenters. The molecule has 7 nitrogen and oxygen atoms in total. The number of aromatic nitrogens is 2. The van der Waals surface area contributed by atoms with Crippen molar-refractivity contribution in [1.82, 2.24) is 20.4 Å². The van der Waals surface area contributed by atoms with E-state index in [4.69, 9.17) is 4.74 Å². The van der Waals surface area contributed by atoms with Gasteiger partial charge in [-0.2, -0.15) is 13.9 Å². The van der Waals surface area contributed by atoms with Crippen LogP contribution in [0.3, 0.4) is 0 Å². The molecule has 0 bridgehead atoms. The Bertz CT molecular complexity index is 808. The highest BCUT2D eigenvalue weighted by Crippen LogP contribution is 2.32. The van der Waals surface area contributed by atoms with Gasteiger partial charge in [0, 0.05) is 37.9 Å². The van der Waals surface area contributed by atoms with E-state index in [1.807, 2.05) is 24.6 Å². The van der Waals surface area contributed by atoms with Crippen LogP contribution in [0.25, 0.3) is 0 Å². The number of rotatable bonds is 10. The average Bonchev–Trinajstić information content (AvgIpc) is 3.00. The van der Waals surface area contributed by atoms with Gasteiger partial charge in [-0.3, -0.25) is 9.67 Å². The molecule has 0 aliphatic heterocycles. The van der Waals surface area contributed by atoms with E-state index in [2.05, 4.69) is 25.5 Å². The summed E-state index contributed by atoms with van der Waals surface area (Å²) in [6.45, 7) is 4.97. The van der Waals surface area contributed by atoms with E-state index in [1.165, 1.54) is 0 Å². The van der Waals surface area contributed by atoms with Crippen LogP contribution in [0.4, 0.5) is 8.78 Å². The second-order valence-corrected chi connectivity index (χ2v) is 6.41. The quantitative estimate of drug-likeness (QED) is 0.358. The van der Waals surface area contributed by atoms with Crippen LogP contribution in [0.15, 0.2) is 29.3 Å². The maximum absolute atomic E-state index is 12.8. The monoisotopic (exact) mass is 409 g/mol. The van der Waals surface area contributed by atoms with Crippen LogP contribution in [-0.4, -0.2) is 42.6 Å². The predicted octanol–water partition coefficient (Wildman–Crippen LogP) is 3.26. The number of alkyl halides is 2. The van der Waals surface area contributed by atoms with Gasteiger partial charge in [0.1, 0.15) is 0 Å². The fraction of sp³-hybridized carbons (Fsp3) is 0.500. The normalized spacial score (nSPS) is 11.6. The first-order valence-corrected chi connectivity index (χ1v) is 9.59. The number of benzene rings is 1. The number of para-hydroxylation sites is 1. The second-order valence-electron chi connectivity index (χ2n) is 6.41. The number of halogens is 2. The number of aliphatic imine (C=N–C) groups is 1. The van der Waals surface area contributed by atoms with E-state index in [1.54, 1.807) is 32.2 Å². The van der Waals surface area contributed by atoms with Crippen LogP contribution < -0.4 is 20.1 Å². The molecule has 0 fully saturated rings. The maximum Gasteiger partial charge on any atom is 0.387 e. The Morgan fingerprint density at radius 3 is 2.69 bits per heavy atom. The van der Waals surface area contributed by atoms with E-state index in [9.17, 15) is 8.78 Å². The van der Waals surface area contributed by atoms with Gasteiger partial charge in [0.2, 0.25) is 0 Å². The lowest BCUT2D eigenvalue weighted by atomic mass is 10.2. The minimum Gasteiger partial charge on any atom is -0.490 e. The topological polar surface area (TPSA) is 72.7 Å². The van der Waals surface area contributed by atoms with Gasteiger partial charge in [0.05, 0.1) is 12.3 Å². The van der Waals surface area contributed by atoms with E-state index < -0.39 is 6.61 Å². The molecule has 2 N–H and O–H groups in total. The minimum atomic E-state index is -2.93. The molecule has 0 saturated carbocycles. The Balaban J connectivity index is 1.89. The van der Waals surface area contributed by atoms with Gasteiger partial charge in [-0.25, -0.2) is 0 Å². The summed E-state index contributed by atoms with van der Waals surface area (Å²) in [5, 5.41) is 10.8. The summed E-state index contributed by atoms with van der Waals surface area (Å²) in [4.78, 5) is 4.17. The molecule has 1 aromatic heterocycles. The summed E-state index contributed by atoms with van der Waals surface area (Å²) >= 11 is 0. The standard InChI is InChI=1S/C20H29F2N5O2/c1-5-28-17-9-6-8-16(18(17)29-19(21)22)13-25-20(23-4)24-10-7-11-27-15(3)12-14(2)26-27/h6,8-9,12,19H,5,7,10-11,13H2,1-4H3,(H2,23,24,25). The van der Waals surface area contributed by atoms with Crippen molar-refractivity contribution in [2.24, 2.45) is 4.99 Å². The van der Waals surface area contributed by atoms with Crippen LogP contribution in [-0.2, 0) is 13.1 Å². The zero-order chi connectivity index (χ0) is 21.2. The highest BCUT2D eigenvalue weighted by molar-refractivity contribution is 5.79. The lowest BCUT2D eigenvalue weighted by molar-refractivity contribution is -0.0520. The third kappa shape index (κ3) is 6.92. The second kappa shape index (κ2) is 11.2. The predicted molar refractivity (Wildman–Crippen MR) is 109 cm³/mol. The molecule has 9 heteroatoms. The molecule has 0 radical (unpaired) electrons. The third-order valence-electron chi connectivity index (χ3n) is 4.18. The van der Waals surface area contributed by atoms with Gasteiger partial charge < -0.3 is 20.1 Å². The number of guanidine groups is 1. The van der Waals surface area contributed by atoms with Crippen LogP contribution in [0, 0.1) is 13.8 Å². The summed E-state index contributed by atoms with van der Waals surface area (Å²) in [5.41, 5.74) is 2.69. The Labute approximate surface area is 170 Å². The molecule has 29 heavy (non-hydrogen) atoms. The Hall–Kier alpha value is -2.84. The first kappa shape index (κ1) is 22.4. The minimum absolute atomic E-state index is 0.0387. The molecule has 0 aliphatic carbocycles. The molecule has 0 atom stereocenters. The average molecular weight is 409 g/mol. The van der Waals surface area contributed by atoms with Crippen molar-refractivity contribution < 1.29 is 18.3 Å². The molecule has 0 saturated heterocycles. The van der Waals surface area contributed by atoms with E-state index in [-0.39, 0.29) is 12.3 Å². The van der Waals surface area contributed by atoms with Gasteiger partial charge in [-0.1, -0.05) is 12.1 Å². The van der Waals surface area contributed by atoms with Gasteiger partial charge in [-0.15, -0.1) is 0 Å². The Kier molecular flexibility index (Phi) is 8.69. The number of hydrogen-bond acceptors (Lipinski definition) is 4. The zero-order valence-electron chi connectivity index (χ0n) is 17.3. The maximum atomic E-state index is 12.8. The van der Waals surface area contributed by atoms with E-state index in [0.29, 0.717) is 30.4 Å². The molecule has 2 aromatic rings. The van der Waals surface area contributed by atoms with E-state index >= 15 is 0 Å². The number of hydrogen-bond donors (Lipinski definition) is 2. The van der Waals surface area contributed by atoms with Crippen molar-refractivity contribution in [3.8, 4) is 11.5 Å². The highest BCUT2D eigenvalue weighted by atomic mass is 19.3.